The largest absolute Gasteiger partial charge is 0.484 e. The number of benzene rings is 2. The number of halogens is 2. The number of likely N-dealkylation sites (tertiary alicyclic amines) is 1. The van der Waals surface area contributed by atoms with E-state index in [1.807, 2.05) is 0 Å². The first-order chi connectivity index (χ1) is 21.4. The number of carboxylic acid groups (broad SMARTS) is 1. The van der Waals surface area contributed by atoms with Gasteiger partial charge in [-0.2, -0.15) is 10.2 Å². The van der Waals surface area contributed by atoms with Crippen molar-refractivity contribution in [3.63, 3.8) is 0 Å². The minimum Gasteiger partial charge on any atom is -0.484 e. The van der Waals surface area contributed by atoms with E-state index >= 15 is 0 Å². The fourth-order valence-corrected chi connectivity index (χ4v) is 5.41. The molecule has 6 rings (SSSR count). The lowest BCUT2D eigenvalue weighted by Gasteiger charge is -2.32. The van der Waals surface area contributed by atoms with Gasteiger partial charge in [0.1, 0.15) is 30.4 Å². The number of hydrogen-bond donors (Lipinski definition) is 1. The molecule has 1 atom stereocenters. The summed E-state index contributed by atoms with van der Waals surface area (Å²) in [6.45, 7) is 3.50. The number of ether oxygens (including phenoxy) is 3. The summed E-state index contributed by atoms with van der Waals surface area (Å²) in [5.41, 5.74) is 1.69. The summed E-state index contributed by atoms with van der Waals surface area (Å²) < 4.78 is 46.4. The molecule has 0 amide bonds. The minimum atomic E-state index is -1.13. The highest BCUT2D eigenvalue weighted by atomic mass is 19.2. The Morgan fingerprint density at radius 2 is 1.91 bits per heavy atom. The van der Waals surface area contributed by atoms with Gasteiger partial charge in [0.15, 0.2) is 17.5 Å². The van der Waals surface area contributed by atoms with Crippen molar-refractivity contribution in [1.29, 1.82) is 5.26 Å². The van der Waals surface area contributed by atoms with Crippen LogP contribution in [0.2, 0.25) is 0 Å². The maximum atomic E-state index is 13.6. The predicted molar refractivity (Wildman–Crippen MR) is 152 cm³/mol. The van der Waals surface area contributed by atoms with E-state index in [2.05, 4.69) is 19.4 Å². The lowest BCUT2D eigenvalue weighted by molar-refractivity contribution is -0.0564. The molecule has 13 heteroatoms. The summed E-state index contributed by atoms with van der Waals surface area (Å²) in [7, 11) is 0. The van der Waals surface area contributed by atoms with Gasteiger partial charge < -0.3 is 23.9 Å². The SMILES string of the molecule is N#Cc1cc(F)c(F)cc1OCc1nccc(OC2CCN(Cc3nc4ccc(C(=O)O)cc4n3CCC3CCO3)CC2)n1. The number of fused-ring (bicyclic) bond motifs is 1. The maximum absolute atomic E-state index is 13.6. The predicted octanol–water partition coefficient (Wildman–Crippen LogP) is 4.48. The van der Waals surface area contributed by atoms with E-state index in [-0.39, 0.29) is 41.5 Å². The monoisotopic (exact) mass is 604 g/mol. The van der Waals surface area contributed by atoms with Gasteiger partial charge in [0.05, 0.1) is 34.8 Å². The first kappa shape index (κ1) is 29.4. The molecule has 228 valence electrons. The highest BCUT2D eigenvalue weighted by Crippen LogP contribution is 2.26. The number of hydrogen-bond acceptors (Lipinski definition) is 9. The normalized spacial score (nSPS) is 17.2. The second kappa shape index (κ2) is 12.9. The quantitative estimate of drug-likeness (QED) is 0.261. The van der Waals surface area contributed by atoms with Crippen molar-refractivity contribution < 1.29 is 32.9 Å². The lowest BCUT2D eigenvalue weighted by atomic mass is 10.1. The molecule has 0 saturated carbocycles. The molecule has 1 unspecified atom stereocenters. The number of carbonyl (C=O) groups is 1. The van der Waals surface area contributed by atoms with Gasteiger partial charge in [-0.15, -0.1) is 0 Å². The molecule has 2 fully saturated rings. The first-order valence-electron chi connectivity index (χ1n) is 14.4. The smallest absolute Gasteiger partial charge is 0.335 e. The summed E-state index contributed by atoms with van der Waals surface area (Å²) in [6, 6.07) is 10.1. The van der Waals surface area contributed by atoms with Gasteiger partial charge in [-0.05, 0) is 49.9 Å². The van der Waals surface area contributed by atoms with Crippen LogP contribution in [-0.2, 0) is 24.4 Å². The molecule has 0 spiro atoms. The van der Waals surface area contributed by atoms with E-state index in [9.17, 15) is 23.9 Å². The Balaban J connectivity index is 1.06. The van der Waals surface area contributed by atoms with E-state index in [0.29, 0.717) is 19.0 Å². The van der Waals surface area contributed by atoms with Crippen LogP contribution in [-0.4, -0.2) is 67.4 Å². The topological polar surface area (TPSA) is 136 Å². The molecular weight excluding hydrogens is 574 g/mol. The van der Waals surface area contributed by atoms with Crippen molar-refractivity contribution in [3.05, 3.63) is 77.0 Å². The average Bonchev–Trinajstić information content (AvgIpc) is 3.34. The molecule has 4 heterocycles. The van der Waals surface area contributed by atoms with Crippen LogP contribution in [0.4, 0.5) is 8.78 Å². The second-order valence-electron chi connectivity index (χ2n) is 10.8. The number of carboxylic acids is 1. The maximum Gasteiger partial charge on any atom is 0.335 e. The van der Waals surface area contributed by atoms with Crippen LogP contribution in [0.15, 0.2) is 42.6 Å². The standard InChI is InChI=1S/C31H30F2N6O5/c32-23-13-20(16-34)27(15-24(23)33)43-18-28-35-8-3-30(37-28)44-22-4-9-38(10-5-22)17-29-36-25-2-1-19(31(40)41)14-26(25)39(29)11-6-21-7-12-42-21/h1-3,8,13-15,21-22H,4-7,9-12,17-18H2,(H,40,41). The molecule has 11 nitrogen and oxygen atoms in total. The van der Waals surface area contributed by atoms with E-state index in [0.717, 1.165) is 74.4 Å². The number of rotatable bonds is 11. The number of piperidine rings is 1. The molecule has 1 N–H and O–H groups in total. The van der Waals surface area contributed by atoms with Gasteiger partial charge in [-0.25, -0.2) is 23.5 Å². The van der Waals surface area contributed by atoms with Gasteiger partial charge in [-0.1, -0.05) is 0 Å². The van der Waals surface area contributed by atoms with Gasteiger partial charge >= 0.3 is 5.97 Å². The molecule has 0 aliphatic carbocycles. The van der Waals surface area contributed by atoms with Crippen molar-refractivity contribution in [2.45, 2.75) is 57.6 Å². The summed E-state index contributed by atoms with van der Waals surface area (Å²) >= 11 is 0. The van der Waals surface area contributed by atoms with Crippen LogP contribution >= 0.6 is 0 Å². The molecule has 4 aromatic rings. The van der Waals surface area contributed by atoms with Crippen molar-refractivity contribution in [3.8, 4) is 17.7 Å². The van der Waals surface area contributed by atoms with E-state index in [1.54, 1.807) is 30.3 Å². The Labute approximate surface area is 251 Å². The minimum absolute atomic E-state index is 0.0704. The Morgan fingerprint density at radius 3 is 2.64 bits per heavy atom. The average molecular weight is 605 g/mol. The van der Waals surface area contributed by atoms with Crippen LogP contribution in [0.1, 0.15) is 53.3 Å². The zero-order valence-corrected chi connectivity index (χ0v) is 23.8. The number of aryl methyl sites for hydroxylation is 1. The van der Waals surface area contributed by atoms with Crippen molar-refractivity contribution >= 4 is 17.0 Å². The lowest BCUT2D eigenvalue weighted by Crippen LogP contribution is -2.38. The van der Waals surface area contributed by atoms with Gasteiger partial charge in [-0.3, -0.25) is 4.90 Å². The fraction of sp³-hybridized carbons (Fsp3) is 0.387. The zero-order chi connectivity index (χ0) is 30.6. The summed E-state index contributed by atoms with van der Waals surface area (Å²) in [5.74, 6) is -1.77. The first-order valence-corrected chi connectivity index (χ1v) is 14.4. The van der Waals surface area contributed by atoms with Crippen molar-refractivity contribution in [1.82, 2.24) is 24.4 Å². The van der Waals surface area contributed by atoms with Crippen LogP contribution < -0.4 is 9.47 Å². The third-order valence-corrected chi connectivity index (χ3v) is 7.91. The third-order valence-electron chi connectivity index (χ3n) is 7.91. The Kier molecular flexibility index (Phi) is 8.63. The summed E-state index contributed by atoms with van der Waals surface area (Å²) in [5, 5.41) is 18.7. The number of nitrogens with zero attached hydrogens (tertiary/aromatic N) is 6. The highest BCUT2D eigenvalue weighted by molar-refractivity contribution is 5.92. The third kappa shape index (κ3) is 6.61. The molecule has 0 radical (unpaired) electrons. The van der Waals surface area contributed by atoms with E-state index < -0.39 is 17.6 Å². The molecule has 2 saturated heterocycles. The summed E-state index contributed by atoms with van der Waals surface area (Å²) in [4.78, 5) is 27.3. The van der Waals surface area contributed by atoms with E-state index in [4.69, 9.17) is 19.2 Å². The van der Waals surface area contributed by atoms with Crippen molar-refractivity contribution in [2.24, 2.45) is 0 Å². The van der Waals surface area contributed by atoms with Crippen molar-refractivity contribution in [2.75, 3.05) is 19.7 Å². The number of aromatic nitrogens is 4. The Bertz CT molecular complexity index is 1710. The Hall–Kier alpha value is -4.67. The molecule has 2 aliphatic heterocycles. The molecular formula is C31H30F2N6O5. The number of imidazole rings is 1. The van der Waals surface area contributed by atoms with Crippen LogP contribution in [0.3, 0.4) is 0 Å². The van der Waals surface area contributed by atoms with Gasteiger partial charge in [0.2, 0.25) is 5.88 Å². The summed E-state index contributed by atoms with van der Waals surface area (Å²) in [6.07, 6.45) is 5.09. The molecule has 2 aliphatic rings. The molecule has 0 bridgehead atoms. The van der Waals surface area contributed by atoms with Crippen LogP contribution in [0.5, 0.6) is 11.6 Å². The fourth-order valence-electron chi connectivity index (χ4n) is 5.41. The van der Waals surface area contributed by atoms with Crippen LogP contribution in [0, 0.1) is 23.0 Å². The number of aromatic carboxylic acids is 1. The zero-order valence-electron chi connectivity index (χ0n) is 23.8. The van der Waals surface area contributed by atoms with Gasteiger partial charge in [0, 0.05) is 44.6 Å². The van der Waals surface area contributed by atoms with E-state index in [1.165, 1.54) is 6.20 Å². The Morgan fingerprint density at radius 1 is 1.11 bits per heavy atom. The molecule has 2 aromatic heterocycles. The highest BCUT2D eigenvalue weighted by Gasteiger charge is 2.25. The van der Waals surface area contributed by atoms with Crippen LogP contribution in [0.25, 0.3) is 11.0 Å². The number of nitriles is 1. The molecule has 44 heavy (non-hydrogen) atoms. The second-order valence-corrected chi connectivity index (χ2v) is 10.8. The molecule has 2 aromatic carbocycles. The van der Waals surface area contributed by atoms with Gasteiger partial charge in [0.25, 0.3) is 0 Å².